The minimum absolute atomic E-state index is 0.294. The van der Waals surface area contributed by atoms with Gasteiger partial charge in [-0.1, -0.05) is 23.7 Å². The van der Waals surface area contributed by atoms with Crippen molar-refractivity contribution < 1.29 is 8.42 Å². The van der Waals surface area contributed by atoms with Crippen LogP contribution in [0.2, 0.25) is 5.02 Å². The molecule has 0 aromatic heterocycles. The molecule has 0 bridgehead atoms. The fourth-order valence-corrected chi connectivity index (χ4v) is 2.90. The maximum absolute atomic E-state index is 12.1. The normalized spacial score (nSPS) is 11.6. The largest absolute Gasteiger partial charge is 0.381 e. The number of hydrogen-bond donors (Lipinski definition) is 1. The second-order valence-electron chi connectivity index (χ2n) is 4.80. The standard InChI is InChI=1S/C15H17ClN2O2S/c1-18(2)21(19,20)15-5-3-4-12(10-15)11-17-14-8-6-13(16)7-9-14/h3-10,17H,11H2,1-2H3. The molecule has 2 aromatic rings. The van der Waals surface area contributed by atoms with Crippen LogP contribution in [-0.2, 0) is 16.6 Å². The molecule has 0 spiro atoms. The van der Waals surface area contributed by atoms with Gasteiger partial charge in [-0.25, -0.2) is 12.7 Å². The van der Waals surface area contributed by atoms with E-state index in [2.05, 4.69) is 5.32 Å². The monoisotopic (exact) mass is 324 g/mol. The summed E-state index contributed by atoms with van der Waals surface area (Å²) in [6.45, 7) is 0.540. The number of sulfonamides is 1. The fraction of sp³-hybridized carbons (Fsp3) is 0.200. The van der Waals surface area contributed by atoms with Crippen LogP contribution < -0.4 is 5.32 Å². The van der Waals surface area contributed by atoms with E-state index in [1.54, 1.807) is 30.3 Å². The molecule has 0 saturated heterocycles. The molecule has 0 aliphatic rings. The Hall–Kier alpha value is -1.56. The van der Waals surface area contributed by atoms with E-state index in [1.807, 2.05) is 18.2 Å². The Morgan fingerprint density at radius 1 is 1.10 bits per heavy atom. The second kappa shape index (κ2) is 6.47. The first kappa shape index (κ1) is 15.8. The zero-order chi connectivity index (χ0) is 15.5. The first-order valence-corrected chi connectivity index (χ1v) is 8.22. The molecule has 21 heavy (non-hydrogen) atoms. The minimum Gasteiger partial charge on any atom is -0.381 e. The van der Waals surface area contributed by atoms with E-state index in [1.165, 1.54) is 18.4 Å². The highest BCUT2D eigenvalue weighted by molar-refractivity contribution is 7.89. The Kier molecular flexibility index (Phi) is 4.88. The third-order valence-corrected chi connectivity index (χ3v) is 5.08. The summed E-state index contributed by atoms with van der Waals surface area (Å²) in [5, 5.41) is 3.91. The minimum atomic E-state index is -3.40. The molecule has 2 aromatic carbocycles. The second-order valence-corrected chi connectivity index (χ2v) is 7.38. The highest BCUT2D eigenvalue weighted by atomic mass is 35.5. The molecule has 0 heterocycles. The van der Waals surface area contributed by atoms with Crippen molar-refractivity contribution in [1.82, 2.24) is 4.31 Å². The predicted molar refractivity (Wildman–Crippen MR) is 86.1 cm³/mol. The summed E-state index contributed by atoms with van der Waals surface area (Å²) in [5.74, 6) is 0. The van der Waals surface area contributed by atoms with Crippen LogP contribution in [0.1, 0.15) is 5.56 Å². The molecule has 0 unspecified atom stereocenters. The van der Waals surface area contributed by atoms with Crippen LogP contribution in [0.15, 0.2) is 53.4 Å². The van der Waals surface area contributed by atoms with Crippen molar-refractivity contribution in [2.24, 2.45) is 0 Å². The number of benzene rings is 2. The maximum Gasteiger partial charge on any atom is 0.242 e. The number of nitrogens with zero attached hydrogens (tertiary/aromatic N) is 1. The van der Waals surface area contributed by atoms with Gasteiger partial charge in [0.1, 0.15) is 0 Å². The van der Waals surface area contributed by atoms with E-state index >= 15 is 0 Å². The van der Waals surface area contributed by atoms with E-state index in [-0.39, 0.29) is 0 Å². The lowest BCUT2D eigenvalue weighted by Gasteiger charge is -2.13. The topological polar surface area (TPSA) is 49.4 Å². The van der Waals surface area contributed by atoms with Crippen LogP contribution in [0.3, 0.4) is 0 Å². The number of halogens is 1. The van der Waals surface area contributed by atoms with Gasteiger partial charge in [-0.05, 0) is 42.0 Å². The Labute approximate surface area is 130 Å². The third-order valence-electron chi connectivity index (χ3n) is 3.02. The van der Waals surface area contributed by atoms with E-state index in [4.69, 9.17) is 11.6 Å². The summed E-state index contributed by atoms with van der Waals surface area (Å²) >= 11 is 5.83. The Bertz CT molecular complexity index is 713. The molecule has 2 rings (SSSR count). The summed E-state index contributed by atoms with van der Waals surface area (Å²) in [6, 6.07) is 14.3. The highest BCUT2D eigenvalue weighted by Gasteiger charge is 2.16. The SMILES string of the molecule is CN(C)S(=O)(=O)c1cccc(CNc2ccc(Cl)cc2)c1. The zero-order valence-corrected chi connectivity index (χ0v) is 13.4. The van der Waals surface area contributed by atoms with Crippen LogP contribution >= 0.6 is 11.6 Å². The van der Waals surface area contributed by atoms with Gasteiger partial charge in [0.15, 0.2) is 0 Å². The van der Waals surface area contributed by atoms with E-state index < -0.39 is 10.0 Å². The molecule has 4 nitrogen and oxygen atoms in total. The van der Waals surface area contributed by atoms with Crippen molar-refractivity contribution >= 4 is 27.3 Å². The fourth-order valence-electron chi connectivity index (χ4n) is 1.80. The zero-order valence-electron chi connectivity index (χ0n) is 11.9. The molecule has 0 aliphatic carbocycles. The molecular weight excluding hydrogens is 308 g/mol. The van der Waals surface area contributed by atoms with Gasteiger partial charge >= 0.3 is 0 Å². The average Bonchev–Trinajstić information content (AvgIpc) is 2.47. The van der Waals surface area contributed by atoms with Gasteiger partial charge in [0, 0.05) is 31.4 Å². The lowest BCUT2D eigenvalue weighted by molar-refractivity contribution is 0.520. The van der Waals surface area contributed by atoms with Crippen LogP contribution in [0, 0.1) is 0 Å². The molecule has 6 heteroatoms. The lowest BCUT2D eigenvalue weighted by atomic mass is 10.2. The van der Waals surface area contributed by atoms with Gasteiger partial charge < -0.3 is 5.32 Å². The van der Waals surface area contributed by atoms with Crippen molar-refractivity contribution in [2.45, 2.75) is 11.4 Å². The molecule has 112 valence electrons. The molecule has 0 aliphatic heterocycles. The molecule has 0 atom stereocenters. The van der Waals surface area contributed by atoms with Gasteiger partial charge in [-0.15, -0.1) is 0 Å². The van der Waals surface area contributed by atoms with Gasteiger partial charge in [-0.3, -0.25) is 0 Å². The Morgan fingerprint density at radius 3 is 2.38 bits per heavy atom. The summed E-state index contributed by atoms with van der Waals surface area (Å²) in [7, 11) is -0.356. The average molecular weight is 325 g/mol. The summed E-state index contributed by atoms with van der Waals surface area (Å²) < 4.78 is 25.4. The van der Waals surface area contributed by atoms with E-state index in [0.29, 0.717) is 16.5 Å². The van der Waals surface area contributed by atoms with E-state index in [9.17, 15) is 8.42 Å². The van der Waals surface area contributed by atoms with Crippen LogP contribution in [0.4, 0.5) is 5.69 Å². The molecule has 0 radical (unpaired) electrons. The van der Waals surface area contributed by atoms with Crippen LogP contribution in [-0.4, -0.2) is 26.8 Å². The third kappa shape index (κ3) is 3.97. The van der Waals surface area contributed by atoms with Crippen molar-refractivity contribution in [1.29, 1.82) is 0 Å². The highest BCUT2D eigenvalue weighted by Crippen LogP contribution is 2.17. The molecule has 1 N–H and O–H groups in total. The maximum atomic E-state index is 12.1. The summed E-state index contributed by atoms with van der Waals surface area (Å²) in [4.78, 5) is 0.294. The smallest absolute Gasteiger partial charge is 0.242 e. The van der Waals surface area contributed by atoms with Gasteiger partial charge in [-0.2, -0.15) is 0 Å². The first-order chi connectivity index (χ1) is 9.89. The predicted octanol–water partition coefficient (Wildman–Crippen LogP) is 3.20. The van der Waals surface area contributed by atoms with Gasteiger partial charge in [0.25, 0.3) is 0 Å². The van der Waals surface area contributed by atoms with Crippen LogP contribution in [0.25, 0.3) is 0 Å². The van der Waals surface area contributed by atoms with E-state index in [0.717, 1.165) is 11.3 Å². The van der Waals surface area contributed by atoms with Crippen molar-refractivity contribution in [2.75, 3.05) is 19.4 Å². The Morgan fingerprint density at radius 2 is 1.76 bits per heavy atom. The van der Waals surface area contributed by atoms with Crippen molar-refractivity contribution in [3.8, 4) is 0 Å². The van der Waals surface area contributed by atoms with Gasteiger partial charge in [0.2, 0.25) is 10.0 Å². The molecule has 0 fully saturated rings. The lowest BCUT2D eigenvalue weighted by Crippen LogP contribution is -2.22. The van der Waals surface area contributed by atoms with Gasteiger partial charge in [0.05, 0.1) is 4.90 Å². The molecule has 0 amide bonds. The summed E-state index contributed by atoms with van der Waals surface area (Å²) in [5.41, 5.74) is 1.83. The number of anilines is 1. The van der Waals surface area contributed by atoms with Crippen molar-refractivity contribution in [3.05, 3.63) is 59.1 Å². The Balaban J connectivity index is 2.13. The summed E-state index contributed by atoms with van der Waals surface area (Å²) in [6.07, 6.45) is 0. The van der Waals surface area contributed by atoms with Crippen LogP contribution in [0.5, 0.6) is 0 Å². The number of rotatable bonds is 5. The number of hydrogen-bond acceptors (Lipinski definition) is 3. The number of nitrogens with one attached hydrogen (secondary N) is 1. The van der Waals surface area contributed by atoms with Crippen molar-refractivity contribution in [3.63, 3.8) is 0 Å². The quantitative estimate of drug-likeness (QED) is 0.918. The molecular formula is C15H17ClN2O2S. The molecule has 0 saturated carbocycles. The first-order valence-electron chi connectivity index (χ1n) is 6.40.